The molecule has 9 heteroatoms. The largest absolute Gasteiger partial charge is 0.495 e. The van der Waals surface area contributed by atoms with Crippen molar-refractivity contribution >= 4 is 39.1 Å². The van der Waals surface area contributed by atoms with Crippen LogP contribution in [0.1, 0.15) is 20.7 Å². The van der Waals surface area contributed by atoms with Crippen molar-refractivity contribution in [3.63, 3.8) is 0 Å². The normalized spacial score (nSPS) is 10.9. The Morgan fingerprint density at radius 1 is 0.935 bits per heavy atom. The zero-order chi connectivity index (χ0) is 22.4. The molecular weight excluding hydrogens is 442 g/mol. The number of anilines is 1. The number of methoxy groups -OCH3 is 1. The average molecular weight is 460 g/mol. The highest BCUT2D eigenvalue weighted by atomic mass is 35.5. The maximum Gasteiger partial charge on any atom is 0.338 e. The molecule has 160 valence electrons. The van der Waals surface area contributed by atoms with Crippen LogP contribution >= 0.6 is 11.6 Å². The first-order valence-corrected chi connectivity index (χ1v) is 10.9. The molecule has 0 aromatic heterocycles. The molecule has 31 heavy (non-hydrogen) atoms. The van der Waals surface area contributed by atoms with Crippen molar-refractivity contribution in [2.24, 2.45) is 0 Å². The SMILES string of the molecule is COc1ccc(C(=O)COC(=O)c2cccc(NS(=O)(=O)c3ccccc3)c2)cc1Cl. The summed E-state index contributed by atoms with van der Waals surface area (Å²) in [6.07, 6.45) is 0. The van der Waals surface area contributed by atoms with E-state index in [4.69, 9.17) is 21.1 Å². The first kappa shape index (κ1) is 22.3. The summed E-state index contributed by atoms with van der Waals surface area (Å²) in [6, 6.07) is 18.1. The molecule has 0 aliphatic carbocycles. The van der Waals surface area contributed by atoms with E-state index in [1.807, 2.05) is 0 Å². The van der Waals surface area contributed by atoms with Crippen LogP contribution in [0.2, 0.25) is 5.02 Å². The van der Waals surface area contributed by atoms with Gasteiger partial charge in [0, 0.05) is 11.3 Å². The van der Waals surface area contributed by atoms with Crippen molar-refractivity contribution in [2.45, 2.75) is 4.90 Å². The summed E-state index contributed by atoms with van der Waals surface area (Å²) in [5.41, 5.74) is 0.545. The van der Waals surface area contributed by atoms with Crippen molar-refractivity contribution in [1.82, 2.24) is 0 Å². The first-order valence-electron chi connectivity index (χ1n) is 9.02. The van der Waals surface area contributed by atoms with E-state index in [1.165, 1.54) is 55.6 Å². The van der Waals surface area contributed by atoms with Crippen molar-refractivity contribution in [3.8, 4) is 5.75 Å². The van der Waals surface area contributed by atoms with Crippen LogP contribution in [0, 0.1) is 0 Å². The van der Waals surface area contributed by atoms with Crippen LogP contribution in [0.4, 0.5) is 5.69 Å². The average Bonchev–Trinajstić information content (AvgIpc) is 2.77. The molecule has 0 bridgehead atoms. The number of ketones is 1. The maximum absolute atomic E-state index is 12.4. The molecule has 3 aromatic rings. The molecule has 0 saturated carbocycles. The minimum absolute atomic E-state index is 0.0896. The second-order valence-corrected chi connectivity index (χ2v) is 8.44. The Bertz CT molecular complexity index is 1210. The number of rotatable bonds is 8. The molecule has 0 radical (unpaired) electrons. The van der Waals surface area contributed by atoms with Gasteiger partial charge in [-0.25, -0.2) is 13.2 Å². The van der Waals surface area contributed by atoms with E-state index in [2.05, 4.69) is 4.72 Å². The van der Waals surface area contributed by atoms with E-state index < -0.39 is 28.4 Å². The van der Waals surface area contributed by atoms with E-state index in [9.17, 15) is 18.0 Å². The minimum Gasteiger partial charge on any atom is -0.495 e. The third kappa shape index (κ3) is 5.62. The van der Waals surface area contributed by atoms with Crippen LogP contribution in [0.15, 0.2) is 77.7 Å². The Hall–Kier alpha value is -3.36. The molecule has 7 nitrogen and oxygen atoms in total. The standard InChI is InChI=1S/C22H18ClNO6S/c1-29-21-11-10-15(13-19(21)23)20(25)14-30-22(26)16-6-5-7-17(12-16)24-31(27,28)18-8-3-2-4-9-18/h2-13,24H,14H2,1H3. The summed E-state index contributed by atoms with van der Waals surface area (Å²) < 4.78 is 37.4. The molecule has 0 fully saturated rings. The predicted molar refractivity (Wildman–Crippen MR) is 116 cm³/mol. The third-order valence-electron chi connectivity index (χ3n) is 4.21. The molecule has 3 aromatic carbocycles. The molecule has 0 saturated heterocycles. The van der Waals surface area contributed by atoms with E-state index in [0.29, 0.717) is 5.75 Å². The van der Waals surface area contributed by atoms with Crippen LogP contribution in [0.5, 0.6) is 5.75 Å². The van der Waals surface area contributed by atoms with Gasteiger partial charge in [-0.15, -0.1) is 0 Å². The smallest absolute Gasteiger partial charge is 0.338 e. The summed E-state index contributed by atoms with van der Waals surface area (Å²) >= 11 is 6.01. The van der Waals surface area contributed by atoms with Gasteiger partial charge in [0.15, 0.2) is 12.4 Å². The molecule has 0 spiro atoms. The minimum atomic E-state index is -3.81. The number of hydrogen-bond donors (Lipinski definition) is 1. The Morgan fingerprint density at radius 2 is 1.68 bits per heavy atom. The van der Waals surface area contributed by atoms with Crippen LogP contribution in [-0.2, 0) is 14.8 Å². The van der Waals surface area contributed by atoms with Crippen LogP contribution < -0.4 is 9.46 Å². The highest BCUT2D eigenvalue weighted by Crippen LogP contribution is 2.25. The zero-order valence-corrected chi connectivity index (χ0v) is 17.9. The van der Waals surface area contributed by atoms with E-state index in [0.717, 1.165) is 0 Å². The molecule has 3 rings (SSSR count). The Labute approximate surface area is 184 Å². The van der Waals surface area contributed by atoms with Gasteiger partial charge in [0.1, 0.15) is 5.75 Å². The summed E-state index contributed by atoms with van der Waals surface area (Å²) in [7, 11) is -2.35. The fraction of sp³-hybridized carbons (Fsp3) is 0.0909. The maximum atomic E-state index is 12.4. The van der Waals surface area contributed by atoms with Gasteiger partial charge in [0.2, 0.25) is 0 Å². The van der Waals surface area contributed by atoms with Gasteiger partial charge >= 0.3 is 5.97 Å². The second-order valence-electron chi connectivity index (χ2n) is 6.35. The number of carbonyl (C=O) groups excluding carboxylic acids is 2. The summed E-state index contributed by atoms with van der Waals surface area (Å²) in [6.45, 7) is -0.499. The summed E-state index contributed by atoms with van der Waals surface area (Å²) in [4.78, 5) is 24.7. The quantitative estimate of drug-likeness (QED) is 0.400. The molecule has 1 N–H and O–H groups in total. The van der Waals surface area contributed by atoms with Gasteiger partial charge in [-0.2, -0.15) is 0 Å². The van der Waals surface area contributed by atoms with Crippen LogP contribution in [0.25, 0.3) is 0 Å². The molecule has 0 atom stereocenters. The third-order valence-corrected chi connectivity index (χ3v) is 5.90. The van der Waals surface area contributed by atoms with Crippen molar-refractivity contribution in [1.29, 1.82) is 0 Å². The number of sulfonamides is 1. The van der Waals surface area contributed by atoms with Gasteiger partial charge in [-0.05, 0) is 48.5 Å². The molecule has 0 heterocycles. The first-order chi connectivity index (χ1) is 14.8. The van der Waals surface area contributed by atoms with Gasteiger partial charge in [0.05, 0.1) is 22.6 Å². The number of benzene rings is 3. The van der Waals surface area contributed by atoms with Crippen molar-refractivity contribution in [2.75, 3.05) is 18.4 Å². The Balaban J connectivity index is 1.66. The van der Waals surface area contributed by atoms with E-state index in [1.54, 1.807) is 24.3 Å². The number of halogens is 1. The van der Waals surface area contributed by atoms with Crippen LogP contribution in [-0.4, -0.2) is 33.9 Å². The molecule has 0 amide bonds. The number of hydrogen-bond acceptors (Lipinski definition) is 6. The van der Waals surface area contributed by atoms with Gasteiger partial charge in [-0.3, -0.25) is 9.52 Å². The predicted octanol–water partition coefficient (Wildman–Crippen LogP) is 4.19. The Kier molecular flexibility index (Phi) is 6.94. The van der Waals surface area contributed by atoms with Gasteiger partial charge < -0.3 is 9.47 Å². The van der Waals surface area contributed by atoms with E-state index in [-0.39, 0.29) is 26.7 Å². The topological polar surface area (TPSA) is 98.8 Å². The summed E-state index contributed by atoms with van der Waals surface area (Å²) in [5.74, 6) is -0.794. The molecule has 0 aliphatic heterocycles. The van der Waals surface area contributed by atoms with E-state index >= 15 is 0 Å². The zero-order valence-electron chi connectivity index (χ0n) is 16.4. The van der Waals surface area contributed by atoms with Crippen LogP contribution in [0.3, 0.4) is 0 Å². The highest BCUT2D eigenvalue weighted by Gasteiger charge is 2.16. The number of nitrogens with one attached hydrogen (secondary N) is 1. The summed E-state index contributed by atoms with van der Waals surface area (Å²) in [5, 5.41) is 0.262. The molecule has 0 aliphatic rings. The monoisotopic (exact) mass is 459 g/mol. The number of carbonyl (C=O) groups is 2. The lowest BCUT2D eigenvalue weighted by Crippen LogP contribution is -2.15. The fourth-order valence-corrected chi connectivity index (χ4v) is 3.99. The lowest BCUT2D eigenvalue weighted by molar-refractivity contribution is 0.0475. The fourth-order valence-electron chi connectivity index (χ4n) is 2.66. The molecular formula is C22H18ClNO6S. The molecule has 0 unspecified atom stereocenters. The lowest BCUT2D eigenvalue weighted by Gasteiger charge is -2.10. The number of ether oxygens (including phenoxy) is 2. The second kappa shape index (κ2) is 9.63. The highest BCUT2D eigenvalue weighted by molar-refractivity contribution is 7.92. The Morgan fingerprint density at radius 3 is 2.35 bits per heavy atom. The lowest BCUT2D eigenvalue weighted by atomic mass is 10.1. The van der Waals surface area contributed by atoms with Crippen molar-refractivity contribution < 1.29 is 27.5 Å². The number of Topliss-reactive ketones (excluding diaryl/α,β-unsaturated/α-hetero) is 1. The van der Waals surface area contributed by atoms with Crippen molar-refractivity contribution in [3.05, 3.63) is 88.9 Å². The van der Waals surface area contributed by atoms with Gasteiger partial charge in [0.25, 0.3) is 10.0 Å². The van der Waals surface area contributed by atoms with Gasteiger partial charge in [-0.1, -0.05) is 35.9 Å². The number of esters is 1.